The first kappa shape index (κ1) is 21.4. The van der Waals surface area contributed by atoms with Gasteiger partial charge in [-0.15, -0.1) is 0 Å². The lowest BCUT2D eigenvalue weighted by molar-refractivity contribution is -0.146. The third kappa shape index (κ3) is 7.52. The number of methoxy groups -OCH3 is 1. The summed E-state index contributed by atoms with van der Waals surface area (Å²) in [5.74, 6) is -1.26. The van der Waals surface area contributed by atoms with Crippen molar-refractivity contribution >= 4 is 18.0 Å². The van der Waals surface area contributed by atoms with E-state index in [1.165, 1.54) is 0 Å². The highest BCUT2D eigenvalue weighted by atomic mass is 16.5. The molecule has 26 heavy (non-hydrogen) atoms. The van der Waals surface area contributed by atoms with Gasteiger partial charge in [0.15, 0.2) is 6.04 Å². The Hall–Kier alpha value is -2.61. The van der Waals surface area contributed by atoms with Crippen molar-refractivity contribution in [2.45, 2.75) is 39.0 Å². The first-order valence-corrected chi connectivity index (χ1v) is 8.33. The molecule has 2 atom stereocenters. The smallest absolute Gasteiger partial charge is 0.408 e. The van der Waals surface area contributed by atoms with Gasteiger partial charge in [-0.3, -0.25) is 4.79 Å². The number of hydrogen-bond donors (Lipinski definition) is 3. The molecule has 0 heterocycles. The zero-order chi connectivity index (χ0) is 19.5. The van der Waals surface area contributed by atoms with Crippen LogP contribution in [-0.2, 0) is 25.7 Å². The summed E-state index contributed by atoms with van der Waals surface area (Å²) in [6, 6.07) is 7.04. The van der Waals surface area contributed by atoms with Crippen molar-refractivity contribution in [3.8, 4) is 0 Å². The molecule has 8 heteroatoms. The Morgan fingerprint density at radius 1 is 1.08 bits per heavy atom. The van der Waals surface area contributed by atoms with Crippen LogP contribution in [0.1, 0.15) is 25.8 Å². The predicted octanol–water partition coefficient (Wildman–Crippen LogP) is 0.978. The van der Waals surface area contributed by atoms with E-state index >= 15 is 0 Å². The van der Waals surface area contributed by atoms with Crippen LogP contribution >= 0.6 is 0 Å². The molecule has 0 aromatic heterocycles. The Morgan fingerprint density at radius 2 is 1.73 bits per heavy atom. The fourth-order valence-corrected chi connectivity index (χ4v) is 2.20. The summed E-state index contributed by atoms with van der Waals surface area (Å²) in [7, 11) is 1.15. The Kier molecular flexibility index (Phi) is 9.14. The lowest BCUT2D eigenvalue weighted by atomic mass is 10.0. The van der Waals surface area contributed by atoms with Gasteiger partial charge in [-0.25, -0.2) is 9.59 Å². The van der Waals surface area contributed by atoms with Crippen molar-refractivity contribution in [2.24, 2.45) is 5.92 Å². The lowest BCUT2D eigenvalue weighted by Gasteiger charge is -2.22. The Bertz CT molecular complexity index is 591. The van der Waals surface area contributed by atoms with E-state index in [0.29, 0.717) is 6.42 Å². The van der Waals surface area contributed by atoms with Crippen LogP contribution < -0.4 is 10.6 Å². The van der Waals surface area contributed by atoms with Crippen molar-refractivity contribution in [2.75, 3.05) is 13.7 Å². The monoisotopic (exact) mass is 366 g/mol. The van der Waals surface area contributed by atoms with Gasteiger partial charge in [-0.1, -0.05) is 44.2 Å². The molecule has 0 saturated carbocycles. The van der Waals surface area contributed by atoms with Crippen molar-refractivity contribution in [1.29, 1.82) is 0 Å². The fraction of sp³-hybridized carbons (Fsp3) is 0.500. The molecular weight excluding hydrogens is 340 g/mol. The van der Waals surface area contributed by atoms with E-state index in [0.717, 1.165) is 12.7 Å². The number of carbonyl (C=O) groups is 3. The number of alkyl carbamates (subject to hydrolysis) is 1. The molecule has 0 fully saturated rings. The predicted molar refractivity (Wildman–Crippen MR) is 94.0 cm³/mol. The Morgan fingerprint density at radius 3 is 2.27 bits per heavy atom. The van der Waals surface area contributed by atoms with Crippen LogP contribution in [-0.4, -0.2) is 48.9 Å². The maximum atomic E-state index is 12.4. The van der Waals surface area contributed by atoms with Crippen LogP contribution in [0.25, 0.3) is 0 Å². The molecule has 1 unspecified atom stereocenters. The van der Waals surface area contributed by atoms with Crippen molar-refractivity contribution in [3.05, 3.63) is 35.9 Å². The van der Waals surface area contributed by atoms with E-state index < -0.39 is 36.7 Å². The van der Waals surface area contributed by atoms with Gasteiger partial charge >= 0.3 is 12.1 Å². The molecule has 0 aliphatic carbocycles. The van der Waals surface area contributed by atoms with Gasteiger partial charge in [0.1, 0.15) is 12.6 Å². The van der Waals surface area contributed by atoms with E-state index in [1.54, 1.807) is 0 Å². The number of rotatable bonds is 9. The van der Waals surface area contributed by atoms with E-state index in [9.17, 15) is 19.5 Å². The molecule has 0 saturated heterocycles. The van der Waals surface area contributed by atoms with Crippen molar-refractivity contribution in [3.63, 3.8) is 0 Å². The molecule has 0 aliphatic heterocycles. The number of benzene rings is 1. The highest BCUT2D eigenvalue weighted by Gasteiger charge is 2.27. The van der Waals surface area contributed by atoms with E-state index in [-0.39, 0.29) is 12.5 Å². The largest absolute Gasteiger partial charge is 0.467 e. The number of carbonyl (C=O) groups excluding carboxylic acids is 3. The van der Waals surface area contributed by atoms with Crippen molar-refractivity contribution in [1.82, 2.24) is 10.6 Å². The first-order valence-electron chi connectivity index (χ1n) is 8.33. The minimum absolute atomic E-state index is 0.0735. The molecule has 0 aliphatic rings. The third-order valence-electron chi connectivity index (χ3n) is 3.51. The molecule has 3 N–H and O–H groups in total. The van der Waals surface area contributed by atoms with Crippen LogP contribution in [0.4, 0.5) is 4.79 Å². The highest BCUT2D eigenvalue weighted by Crippen LogP contribution is 2.07. The van der Waals surface area contributed by atoms with E-state index in [4.69, 9.17) is 4.74 Å². The minimum atomic E-state index is -1.19. The van der Waals surface area contributed by atoms with Gasteiger partial charge in [0.25, 0.3) is 0 Å². The second-order valence-corrected chi connectivity index (χ2v) is 6.16. The van der Waals surface area contributed by atoms with Crippen LogP contribution in [0.3, 0.4) is 0 Å². The van der Waals surface area contributed by atoms with Crippen LogP contribution in [0.5, 0.6) is 0 Å². The molecular formula is C18H26N2O6. The summed E-state index contributed by atoms with van der Waals surface area (Å²) in [4.78, 5) is 35.9. The van der Waals surface area contributed by atoms with Crippen LogP contribution in [0.15, 0.2) is 30.3 Å². The number of hydrogen-bond acceptors (Lipinski definition) is 6. The second kappa shape index (κ2) is 11.1. The molecule has 0 bridgehead atoms. The van der Waals surface area contributed by atoms with Gasteiger partial charge in [0.05, 0.1) is 13.7 Å². The quantitative estimate of drug-likeness (QED) is 0.561. The highest BCUT2D eigenvalue weighted by molar-refractivity contribution is 5.89. The zero-order valence-electron chi connectivity index (χ0n) is 15.2. The Balaban J connectivity index is 2.65. The standard InChI is InChI=1S/C18H26N2O6/c1-12(2)9-14(16(22)19-15(10-21)17(23)25-3)20-18(24)26-11-13-7-5-4-6-8-13/h4-8,12,14-15,21H,9-11H2,1-3H3,(H,19,22)(H,20,24)/t14?,15-/m0/s1. The molecule has 1 aromatic rings. The summed E-state index contributed by atoms with van der Waals surface area (Å²) < 4.78 is 9.63. The average Bonchev–Trinajstić information content (AvgIpc) is 2.63. The summed E-state index contributed by atoms with van der Waals surface area (Å²) in [5.41, 5.74) is 0.818. The van der Waals surface area contributed by atoms with E-state index in [2.05, 4.69) is 15.4 Å². The number of esters is 1. The molecule has 8 nitrogen and oxygen atoms in total. The van der Waals surface area contributed by atoms with Gasteiger partial charge in [-0.05, 0) is 17.9 Å². The van der Waals surface area contributed by atoms with Gasteiger partial charge in [0.2, 0.25) is 5.91 Å². The lowest BCUT2D eigenvalue weighted by Crippen LogP contribution is -2.53. The molecule has 1 rings (SSSR count). The minimum Gasteiger partial charge on any atom is -0.467 e. The zero-order valence-corrected chi connectivity index (χ0v) is 15.2. The van der Waals surface area contributed by atoms with Gasteiger partial charge < -0.3 is 25.2 Å². The summed E-state index contributed by atoms with van der Waals surface area (Å²) in [6.45, 7) is 3.25. The topological polar surface area (TPSA) is 114 Å². The van der Waals surface area contributed by atoms with Crippen molar-refractivity contribution < 1.29 is 29.0 Å². The molecule has 2 amide bonds. The summed E-state index contributed by atoms with van der Waals surface area (Å²) in [6.07, 6.45) is -0.403. The SMILES string of the molecule is COC(=O)[C@H](CO)NC(=O)C(CC(C)C)NC(=O)OCc1ccccc1. The summed E-state index contributed by atoms with van der Waals surface area (Å²) >= 11 is 0. The normalized spacial score (nSPS) is 12.8. The second-order valence-electron chi connectivity index (χ2n) is 6.16. The number of aliphatic hydroxyl groups is 1. The molecule has 0 radical (unpaired) electrons. The maximum Gasteiger partial charge on any atom is 0.408 e. The average molecular weight is 366 g/mol. The number of amides is 2. The fourth-order valence-electron chi connectivity index (χ4n) is 2.20. The maximum absolute atomic E-state index is 12.4. The van der Waals surface area contributed by atoms with Crippen LogP contribution in [0, 0.1) is 5.92 Å². The third-order valence-corrected chi connectivity index (χ3v) is 3.51. The molecule has 0 spiro atoms. The van der Waals surface area contributed by atoms with Gasteiger partial charge in [0, 0.05) is 0 Å². The first-order chi connectivity index (χ1) is 12.4. The van der Waals surface area contributed by atoms with Crippen LogP contribution in [0.2, 0.25) is 0 Å². The molecule has 144 valence electrons. The number of aliphatic hydroxyl groups excluding tert-OH is 1. The summed E-state index contributed by atoms with van der Waals surface area (Å²) in [5, 5.41) is 14.1. The van der Waals surface area contributed by atoms with E-state index in [1.807, 2.05) is 44.2 Å². The van der Waals surface area contributed by atoms with Gasteiger partial charge in [-0.2, -0.15) is 0 Å². The number of nitrogens with one attached hydrogen (secondary N) is 2. The number of ether oxygens (including phenoxy) is 2. The Labute approximate surface area is 152 Å². The molecule has 1 aromatic carbocycles.